The molecule has 0 saturated carbocycles. The maximum atomic E-state index is 12.6. The highest BCUT2D eigenvalue weighted by Crippen LogP contribution is 2.36. The summed E-state index contributed by atoms with van der Waals surface area (Å²) in [6.07, 6.45) is -0.389. The van der Waals surface area contributed by atoms with Gasteiger partial charge in [0.2, 0.25) is 0 Å². The van der Waals surface area contributed by atoms with Crippen molar-refractivity contribution in [1.29, 1.82) is 0 Å². The van der Waals surface area contributed by atoms with Crippen LogP contribution < -0.4 is 10.7 Å². The van der Waals surface area contributed by atoms with Gasteiger partial charge in [-0.2, -0.15) is 0 Å². The summed E-state index contributed by atoms with van der Waals surface area (Å²) in [4.78, 5) is 24.7. The lowest BCUT2D eigenvalue weighted by Crippen LogP contribution is -2.56. The fraction of sp³-hybridized carbons (Fsp3) is 0.0667. The number of anilines is 1. The van der Waals surface area contributed by atoms with E-state index in [0.29, 0.717) is 11.1 Å². The van der Waals surface area contributed by atoms with Gasteiger partial charge in [-0.3, -0.25) is 15.0 Å². The van der Waals surface area contributed by atoms with Crippen LogP contribution in [0.3, 0.4) is 0 Å². The normalized spacial score (nSPS) is 19.1. The standard InChI is InChI=1S/C15H10BrN3O2/c16-8-5-6-12-11(7-8)15(21)19-13(17-12)9-3-1-2-4-10(9)14(20)18-19/h1-7,13,17H,(H,18,20). The molecule has 0 aromatic heterocycles. The van der Waals surface area contributed by atoms with Crippen molar-refractivity contribution in [3.05, 3.63) is 63.6 Å². The van der Waals surface area contributed by atoms with Crippen LogP contribution in [0.25, 0.3) is 0 Å². The Morgan fingerprint density at radius 3 is 2.71 bits per heavy atom. The Balaban J connectivity index is 1.88. The minimum atomic E-state index is -0.389. The van der Waals surface area contributed by atoms with Gasteiger partial charge >= 0.3 is 0 Å². The molecule has 0 aliphatic carbocycles. The molecule has 1 atom stereocenters. The second-order valence-electron chi connectivity index (χ2n) is 4.94. The predicted molar refractivity (Wildman–Crippen MR) is 80.6 cm³/mol. The summed E-state index contributed by atoms with van der Waals surface area (Å²) in [5.74, 6) is -0.492. The maximum Gasteiger partial charge on any atom is 0.276 e. The van der Waals surface area contributed by atoms with E-state index in [-0.39, 0.29) is 18.0 Å². The highest BCUT2D eigenvalue weighted by Gasteiger charge is 2.39. The van der Waals surface area contributed by atoms with Crippen LogP contribution >= 0.6 is 15.9 Å². The number of hydrogen-bond acceptors (Lipinski definition) is 3. The largest absolute Gasteiger partial charge is 0.359 e. The fourth-order valence-electron chi connectivity index (χ4n) is 2.72. The van der Waals surface area contributed by atoms with Gasteiger partial charge in [0, 0.05) is 21.3 Å². The SMILES string of the molecule is O=C1NN2C(=O)c3cc(Br)ccc3NC2c2ccccc21. The van der Waals surface area contributed by atoms with Gasteiger partial charge in [-0.15, -0.1) is 0 Å². The number of amides is 2. The second-order valence-corrected chi connectivity index (χ2v) is 5.86. The lowest BCUT2D eigenvalue weighted by Gasteiger charge is -2.41. The molecule has 104 valence electrons. The number of carbonyl (C=O) groups excluding carboxylic acids is 2. The van der Waals surface area contributed by atoms with Crippen molar-refractivity contribution in [2.75, 3.05) is 5.32 Å². The van der Waals surface area contributed by atoms with Crippen molar-refractivity contribution in [3.63, 3.8) is 0 Å². The monoisotopic (exact) mass is 343 g/mol. The number of benzene rings is 2. The molecule has 2 aromatic carbocycles. The van der Waals surface area contributed by atoms with Gasteiger partial charge < -0.3 is 5.32 Å². The van der Waals surface area contributed by atoms with Crippen LogP contribution in [0.4, 0.5) is 5.69 Å². The molecule has 2 aliphatic rings. The third-order valence-corrected chi connectivity index (χ3v) is 4.20. The zero-order valence-corrected chi connectivity index (χ0v) is 12.3. The van der Waals surface area contributed by atoms with Crippen LogP contribution in [0.2, 0.25) is 0 Å². The molecule has 0 spiro atoms. The van der Waals surface area contributed by atoms with Crippen molar-refractivity contribution in [1.82, 2.24) is 10.4 Å². The Bertz CT molecular complexity index is 790. The minimum absolute atomic E-state index is 0.224. The first-order valence-corrected chi connectivity index (χ1v) is 7.24. The zero-order chi connectivity index (χ0) is 14.6. The quantitative estimate of drug-likeness (QED) is 0.773. The van der Waals surface area contributed by atoms with E-state index in [2.05, 4.69) is 26.7 Å². The molecule has 2 amide bonds. The average molecular weight is 344 g/mol. The minimum Gasteiger partial charge on any atom is -0.359 e. The van der Waals surface area contributed by atoms with E-state index in [1.165, 1.54) is 5.01 Å². The molecule has 1 unspecified atom stereocenters. The van der Waals surface area contributed by atoms with Crippen molar-refractivity contribution < 1.29 is 9.59 Å². The first-order valence-electron chi connectivity index (χ1n) is 6.45. The number of rotatable bonds is 0. The van der Waals surface area contributed by atoms with Crippen molar-refractivity contribution in [2.45, 2.75) is 6.17 Å². The lowest BCUT2D eigenvalue weighted by molar-refractivity contribution is 0.0457. The molecule has 0 fully saturated rings. The number of halogens is 1. The zero-order valence-electron chi connectivity index (χ0n) is 10.8. The van der Waals surface area contributed by atoms with Crippen LogP contribution in [0, 0.1) is 0 Å². The van der Waals surface area contributed by atoms with Crippen LogP contribution in [-0.2, 0) is 0 Å². The Labute approximate surface area is 129 Å². The summed E-state index contributed by atoms with van der Waals surface area (Å²) in [6.45, 7) is 0. The summed E-state index contributed by atoms with van der Waals surface area (Å²) in [6, 6.07) is 12.8. The van der Waals surface area contributed by atoms with E-state index in [1.54, 1.807) is 12.1 Å². The Kier molecular flexibility index (Phi) is 2.56. The van der Waals surface area contributed by atoms with Gasteiger partial charge in [-0.1, -0.05) is 34.1 Å². The molecule has 5 nitrogen and oxygen atoms in total. The number of hydrogen-bond donors (Lipinski definition) is 2. The van der Waals surface area contributed by atoms with Gasteiger partial charge in [0.25, 0.3) is 11.8 Å². The molecule has 0 bridgehead atoms. The summed E-state index contributed by atoms with van der Waals surface area (Å²) < 4.78 is 0.818. The molecule has 2 aliphatic heterocycles. The van der Waals surface area contributed by atoms with Gasteiger partial charge in [-0.05, 0) is 24.3 Å². The fourth-order valence-corrected chi connectivity index (χ4v) is 3.08. The number of carbonyl (C=O) groups is 2. The van der Waals surface area contributed by atoms with Crippen molar-refractivity contribution in [2.24, 2.45) is 0 Å². The first kappa shape index (κ1) is 12.4. The topological polar surface area (TPSA) is 61.4 Å². The number of fused-ring (bicyclic) bond motifs is 4. The molecule has 21 heavy (non-hydrogen) atoms. The van der Waals surface area contributed by atoms with Crippen LogP contribution in [0.15, 0.2) is 46.9 Å². The molecule has 2 heterocycles. The van der Waals surface area contributed by atoms with Crippen LogP contribution in [0.1, 0.15) is 32.4 Å². The smallest absolute Gasteiger partial charge is 0.276 e. The Hall–Kier alpha value is -2.34. The van der Waals surface area contributed by atoms with E-state index >= 15 is 0 Å². The second kappa shape index (κ2) is 4.33. The predicted octanol–water partition coefficient (Wildman–Crippen LogP) is 2.67. The summed E-state index contributed by atoms with van der Waals surface area (Å²) in [5.41, 5.74) is 5.32. The lowest BCUT2D eigenvalue weighted by atomic mass is 9.98. The molecule has 0 radical (unpaired) electrons. The number of nitrogens with zero attached hydrogens (tertiary/aromatic N) is 1. The van der Waals surface area contributed by atoms with E-state index < -0.39 is 0 Å². The summed E-state index contributed by atoms with van der Waals surface area (Å²) in [7, 11) is 0. The summed E-state index contributed by atoms with van der Waals surface area (Å²) >= 11 is 3.36. The van der Waals surface area contributed by atoms with Gasteiger partial charge in [0.15, 0.2) is 0 Å². The van der Waals surface area contributed by atoms with Gasteiger partial charge in [0.1, 0.15) is 6.17 Å². The number of hydrazine groups is 1. The van der Waals surface area contributed by atoms with Crippen molar-refractivity contribution >= 4 is 33.4 Å². The molecular formula is C15H10BrN3O2. The number of nitrogens with one attached hydrogen (secondary N) is 2. The van der Waals surface area contributed by atoms with E-state index in [0.717, 1.165) is 15.7 Å². The van der Waals surface area contributed by atoms with Crippen molar-refractivity contribution in [3.8, 4) is 0 Å². The summed E-state index contributed by atoms with van der Waals surface area (Å²) in [5, 5.41) is 4.65. The highest BCUT2D eigenvalue weighted by atomic mass is 79.9. The first-order chi connectivity index (χ1) is 10.1. The Morgan fingerprint density at radius 1 is 1.05 bits per heavy atom. The molecule has 4 rings (SSSR count). The van der Waals surface area contributed by atoms with E-state index in [1.807, 2.05) is 30.3 Å². The van der Waals surface area contributed by atoms with E-state index in [9.17, 15) is 9.59 Å². The van der Waals surface area contributed by atoms with E-state index in [4.69, 9.17) is 0 Å². The molecule has 2 N–H and O–H groups in total. The highest BCUT2D eigenvalue weighted by molar-refractivity contribution is 9.10. The molecular weight excluding hydrogens is 334 g/mol. The molecule has 2 aromatic rings. The average Bonchev–Trinajstić information content (AvgIpc) is 2.50. The third-order valence-electron chi connectivity index (χ3n) is 3.70. The van der Waals surface area contributed by atoms with Crippen LogP contribution in [-0.4, -0.2) is 16.8 Å². The Morgan fingerprint density at radius 2 is 1.86 bits per heavy atom. The third kappa shape index (κ3) is 1.76. The molecule has 6 heteroatoms. The maximum absolute atomic E-state index is 12.6. The van der Waals surface area contributed by atoms with Crippen LogP contribution in [0.5, 0.6) is 0 Å². The van der Waals surface area contributed by atoms with Gasteiger partial charge in [0.05, 0.1) is 5.56 Å². The van der Waals surface area contributed by atoms with Gasteiger partial charge in [-0.25, -0.2) is 5.01 Å². The molecule has 0 saturated heterocycles.